The third-order valence-electron chi connectivity index (χ3n) is 2.57. The van der Waals surface area contributed by atoms with E-state index in [4.69, 9.17) is 0 Å². The molecule has 0 unspecified atom stereocenters. The Morgan fingerprint density at radius 1 is 1.25 bits per heavy atom. The molecule has 0 saturated heterocycles. The summed E-state index contributed by atoms with van der Waals surface area (Å²) in [7, 11) is 0. The standard InChI is InChI=1S/C10H18F3NO2/c1-3-9(16,4-2)7-14-8(15)5-6-10(11,12)13/h16H,3-7H2,1-2H3,(H,14,15). The molecule has 0 atom stereocenters. The quantitative estimate of drug-likeness (QED) is 0.747. The molecule has 0 saturated carbocycles. The van der Waals surface area contributed by atoms with Gasteiger partial charge in [-0.15, -0.1) is 0 Å². The molecule has 0 aliphatic rings. The van der Waals surface area contributed by atoms with Crippen molar-refractivity contribution < 1.29 is 23.1 Å². The Hall–Kier alpha value is -0.780. The zero-order valence-corrected chi connectivity index (χ0v) is 9.52. The topological polar surface area (TPSA) is 49.3 Å². The molecule has 0 heterocycles. The van der Waals surface area contributed by atoms with E-state index in [1.54, 1.807) is 13.8 Å². The van der Waals surface area contributed by atoms with E-state index in [0.29, 0.717) is 12.8 Å². The van der Waals surface area contributed by atoms with Gasteiger partial charge in [-0.05, 0) is 12.8 Å². The van der Waals surface area contributed by atoms with Crippen molar-refractivity contribution in [3.05, 3.63) is 0 Å². The molecule has 0 radical (unpaired) electrons. The number of nitrogens with one attached hydrogen (secondary N) is 1. The van der Waals surface area contributed by atoms with Crippen molar-refractivity contribution in [2.45, 2.75) is 51.3 Å². The molecular weight excluding hydrogens is 223 g/mol. The van der Waals surface area contributed by atoms with Crippen LogP contribution in [0.15, 0.2) is 0 Å². The van der Waals surface area contributed by atoms with Crippen molar-refractivity contribution in [3.63, 3.8) is 0 Å². The summed E-state index contributed by atoms with van der Waals surface area (Å²) < 4.78 is 35.4. The normalized spacial score (nSPS) is 12.6. The molecular formula is C10H18F3NO2. The van der Waals surface area contributed by atoms with Crippen LogP contribution in [-0.4, -0.2) is 29.3 Å². The zero-order chi connectivity index (χ0) is 12.8. The van der Waals surface area contributed by atoms with Crippen LogP contribution in [0.3, 0.4) is 0 Å². The molecule has 6 heteroatoms. The summed E-state index contributed by atoms with van der Waals surface area (Å²) in [6, 6.07) is 0. The minimum Gasteiger partial charge on any atom is -0.388 e. The fourth-order valence-electron chi connectivity index (χ4n) is 1.11. The Bertz CT molecular complexity index is 225. The minimum atomic E-state index is -4.32. The fraction of sp³-hybridized carbons (Fsp3) is 0.900. The highest BCUT2D eigenvalue weighted by Gasteiger charge is 2.28. The first kappa shape index (κ1) is 15.2. The van der Waals surface area contributed by atoms with Gasteiger partial charge in [0.15, 0.2) is 0 Å². The smallest absolute Gasteiger partial charge is 0.388 e. The number of alkyl halides is 3. The lowest BCUT2D eigenvalue weighted by atomic mass is 9.97. The summed E-state index contributed by atoms with van der Waals surface area (Å²) in [4.78, 5) is 11.0. The monoisotopic (exact) mass is 241 g/mol. The van der Waals surface area contributed by atoms with Gasteiger partial charge < -0.3 is 10.4 Å². The number of hydrogen-bond acceptors (Lipinski definition) is 2. The summed E-state index contributed by atoms with van der Waals surface area (Å²) >= 11 is 0. The highest BCUT2D eigenvalue weighted by Crippen LogP contribution is 2.21. The van der Waals surface area contributed by atoms with E-state index in [-0.39, 0.29) is 6.54 Å². The summed E-state index contributed by atoms with van der Waals surface area (Å²) in [5, 5.41) is 12.1. The van der Waals surface area contributed by atoms with Crippen LogP contribution in [0.1, 0.15) is 39.5 Å². The molecule has 0 aromatic heterocycles. The third-order valence-corrected chi connectivity index (χ3v) is 2.57. The second-order valence-electron chi connectivity index (χ2n) is 3.82. The van der Waals surface area contributed by atoms with Crippen molar-refractivity contribution in [2.75, 3.05) is 6.54 Å². The lowest BCUT2D eigenvalue weighted by Crippen LogP contribution is -2.42. The number of carbonyl (C=O) groups is 1. The van der Waals surface area contributed by atoms with E-state index in [9.17, 15) is 23.1 Å². The van der Waals surface area contributed by atoms with Crippen molar-refractivity contribution in [1.82, 2.24) is 5.32 Å². The Morgan fingerprint density at radius 2 is 1.75 bits per heavy atom. The second kappa shape index (κ2) is 6.08. The largest absolute Gasteiger partial charge is 0.389 e. The van der Waals surface area contributed by atoms with Gasteiger partial charge in [-0.25, -0.2) is 0 Å². The van der Waals surface area contributed by atoms with Gasteiger partial charge in [0, 0.05) is 13.0 Å². The summed E-state index contributed by atoms with van der Waals surface area (Å²) in [6.45, 7) is 3.51. The average Bonchev–Trinajstić information content (AvgIpc) is 2.22. The molecule has 2 N–H and O–H groups in total. The average molecular weight is 241 g/mol. The van der Waals surface area contributed by atoms with E-state index >= 15 is 0 Å². The molecule has 96 valence electrons. The van der Waals surface area contributed by atoms with Crippen LogP contribution in [0.2, 0.25) is 0 Å². The van der Waals surface area contributed by atoms with E-state index < -0.39 is 30.5 Å². The second-order valence-corrected chi connectivity index (χ2v) is 3.82. The van der Waals surface area contributed by atoms with Gasteiger partial charge in [0.2, 0.25) is 5.91 Å². The van der Waals surface area contributed by atoms with Crippen molar-refractivity contribution in [2.24, 2.45) is 0 Å². The van der Waals surface area contributed by atoms with E-state index in [0.717, 1.165) is 0 Å². The van der Waals surface area contributed by atoms with Crippen LogP contribution in [0.25, 0.3) is 0 Å². The lowest BCUT2D eigenvalue weighted by Gasteiger charge is -2.25. The predicted octanol–water partition coefficient (Wildman–Crippen LogP) is 2.00. The molecule has 0 aromatic carbocycles. The van der Waals surface area contributed by atoms with Crippen LogP contribution in [0.5, 0.6) is 0 Å². The first-order valence-corrected chi connectivity index (χ1v) is 5.28. The highest BCUT2D eigenvalue weighted by molar-refractivity contribution is 5.75. The summed E-state index contributed by atoms with van der Waals surface area (Å²) in [6.07, 6.45) is -5.14. The number of aliphatic hydroxyl groups is 1. The van der Waals surface area contributed by atoms with Crippen LogP contribution >= 0.6 is 0 Å². The predicted molar refractivity (Wildman–Crippen MR) is 53.8 cm³/mol. The Labute approximate surface area is 93.0 Å². The molecule has 0 fully saturated rings. The Morgan fingerprint density at radius 3 is 2.12 bits per heavy atom. The van der Waals surface area contributed by atoms with Crippen LogP contribution in [0.4, 0.5) is 13.2 Å². The van der Waals surface area contributed by atoms with Gasteiger partial charge in [0.25, 0.3) is 0 Å². The number of rotatable bonds is 6. The third kappa shape index (κ3) is 6.66. The maximum atomic E-state index is 11.8. The zero-order valence-electron chi connectivity index (χ0n) is 9.52. The molecule has 0 rings (SSSR count). The molecule has 0 spiro atoms. The Kier molecular flexibility index (Phi) is 5.78. The van der Waals surface area contributed by atoms with E-state index in [1.165, 1.54) is 0 Å². The van der Waals surface area contributed by atoms with Gasteiger partial charge in [-0.2, -0.15) is 13.2 Å². The van der Waals surface area contributed by atoms with Crippen molar-refractivity contribution in [3.8, 4) is 0 Å². The molecule has 0 aliphatic heterocycles. The number of amides is 1. The van der Waals surface area contributed by atoms with E-state index in [1.807, 2.05) is 0 Å². The number of hydrogen-bond donors (Lipinski definition) is 2. The van der Waals surface area contributed by atoms with Gasteiger partial charge >= 0.3 is 6.18 Å². The van der Waals surface area contributed by atoms with Gasteiger partial charge in [-0.1, -0.05) is 13.8 Å². The molecule has 16 heavy (non-hydrogen) atoms. The van der Waals surface area contributed by atoms with Crippen LogP contribution < -0.4 is 5.32 Å². The first-order valence-electron chi connectivity index (χ1n) is 5.28. The molecule has 0 aromatic rings. The molecule has 0 bridgehead atoms. The van der Waals surface area contributed by atoms with Gasteiger partial charge in [0.05, 0.1) is 12.0 Å². The van der Waals surface area contributed by atoms with Crippen molar-refractivity contribution in [1.29, 1.82) is 0 Å². The van der Waals surface area contributed by atoms with E-state index in [2.05, 4.69) is 5.32 Å². The maximum absolute atomic E-state index is 11.8. The van der Waals surface area contributed by atoms with Gasteiger partial charge in [-0.3, -0.25) is 4.79 Å². The highest BCUT2D eigenvalue weighted by atomic mass is 19.4. The minimum absolute atomic E-state index is 0.00328. The maximum Gasteiger partial charge on any atom is 0.389 e. The lowest BCUT2D eigenvalue weighted by molar-refractivity contribution is -0.144. The Balaban J connectivity index is 3.90. The molecule has 1 amide bonds. The molecule has 3 nitrogen and oxygen atoms in total. The first-order chi connectivity index (χ1) is 7.22. The number of halogens is 3. The summed E-state index contributed by atoms with van der Waals surface area (Å²) in [5.41, 5.74) is -1.02. The van der Waals surface area contributed by atoms with Crippen LogP contribution in [0, 0.1) is 0 Å². The van der Waals surface area contributed by atoms with Crippen molar-refractivity contribution >= 4 is 5.91 Å². The SMILES string of the molecule is CCC(O)(CC)CNC(=O)CCC(F)(F)F. The molecule has 0 aliphatic carbocycles. The van der Waals surface area contributed by atoms with Crippen LogP contribution in [-0.2, 0) is 4.79 Å². The summed E-state index contributed by atoms with van der Waals surface area (Å²) in [5.74, 6) is -0.683. The van der Waals surface area contributed by atoms with Gasteiger partial charge in [0.1, 0.15) is 0 Å². The number of carbonyl (C=O) groups excluding carboxylic acids is 1. The fourth-order valence-corrected chi connectivity index (χ4v) is 1.11.